The summed E-state index contributed by atoms with van der Waals surface area (Å²) in [4.78, 5) is 2.09. The van der Waals surface area contributed by atoms with E-state index in [-0.39, 0.29) is 0 Å². The van der Waals surface area contributed by atoms with Crippen molar-refractivity contribution in [1.82, 2.24) is 4.90 Å². The Kier molecular flexibility index (Phi) is 3.78. The van der Waals surface area contributed by atoms with E-state index in [1.54, 1.807) is 0 Å². The maximum atomic E-state index is 5.69. The summed E-state index contributed by atoms with van der Waals surface area (Å²) in [5.41, 5.74) is 1.18. The molecule has 0 atom stereocenters. The predicted octanol–water partition coefficient (Wildman–Crippen LogP) is 3.51. The fourth-order valence-electron chi connectivity index (χ4n) is 1.62. The zero-order valence-electron chi connectivity index (χ0n) is 10.3. The molecular weight excluding hydrogens is 210 g/mol. The Bertz CT molecular complexity index is 483. The summed E-state index contributed by atoms with van der Waals surface area (Å²) in [6.07, 6.45) is 4.05. The van der Waals surface area contributed by atoms with Gasteiger partial charge in [-0.15, -0.1) is 0 Å². The molecule has 17 heavy (non-hydrogen) atoms. The van der Waals surface area contributed by atoms with Crippen LogP contribution in [0.5, 0.6) is 0 Å². The molecule has 1 heterocycles. The van der Waals surface area contributed by atoms with Crippen LogP contribution in [-0.2, 0) is 6.54 Å². The van der Waals surface area contributed by atoms with E-state index in [4.69, 9.17) is 4.42 Å². The molecule has 0 radical (unpaired) electrons. The fraction of sp³-hybridized carbons (Fsp3) is 0.200. The molecule has 2 nitrogen and oxygen atoms in total. The van der Waals surface area contributed by atoms with Gasteiger partial charge >= 0.3 is 0 Å². The van der Waals surface area contributed by atoms with Gasteiger partial charge in [0.25, 0.3) is 0 Å². The average Bonchev–Trinajstić information content (AvgIpc) is 2.75. The van der Waals surface area contributed by atoms with Gasteiger partial charge in [-0.05, 0) is 37.9 Å². The fourth-order valence-corrected chi connectivity index (χ4v) is 1.62. The van der Waals surface area contributed by atoms with Crippen molar-refractivity contribution in [1.29, 1.82) is 0 Å². The zero-order valence-corrected chi connectivity index (χ0v) is 10.3. The van der Waals surface area contributed by atoms with Gasteiger partial charge < -0.3 is 9.32 Å². The summed E-state index contributed by atoms with van der Waals surface area (Å²) < 4.78 is 5.69. The van der Waals surface area contributed by atoms with Gasteiger partial charge in [-0.1, -0.05) is 36.4 Å². The molecule has 2 rings (SSSR count). The monoisotopic (exact) mass is 227 g/mol. The minimum atomic E-state index is 0.833. The molecule has 1 aromatic carbocycles. The largest absolute Gasteiger partial charge is 0.460 e. The number of benzene rings is 1. The average molecular weight is 227 g/mol. The lowest BCUT2D eigenvalue weighted by Crippen LogP contribution is -2.09. The third-order valence-corrected chi connectivity index (χ3v) is 2.39. The van der Waals surface area contributed by atoms with Crippen LogP contribution < -0.4 is 0 Å². The van der Waals surface area contributed by atoms with Crippen LogP contribution in [0.2, 0.25) is 0 Å². The van der Waals surface area contributed by atoms with Gasteiger partial charge in [-0.3, -0.25) is 0 Å². The van der Waals surface area contributed by atoms with E-state index in [9.17, 15) is 0 Å². The first kappa shape index (κ1) is 11.7. The lowest BCUT2D eigenvalue weighted by molar-refractivity contribution is 0.349. The SMILES string of the molecule is CN(C)Cc1ccc(/C=C/c2ccccc2)o1. The first-order valence-electron chi connectivity index (χ1n) is 5.70. The Labute approximate surface area is 102 Å². The third kappa shape index (κ3) is 3.61. The van der Waals surface area contributed by atoms with Crippen molar-refractivity contribution < 1.29 is 4.42 Å². The molecule has 2 heteroatoms. The van der Waals surface area contributed by atoms with Gasteiger partial charge in [0.15, 0.2) is 0 Å². The highest BCUT2D eigenvalue weighted by Crippen LogP contribution is 2.13. The Morgan fingerprint density at radius 2 is 1.76 bits per heavy atom. The maximum Gasteiger partial charge on any atom is 0.127 e. The Hall–Kier alpha value is -1.80. The molecule has 88 valence electrons. The van der Waals surface area contributed by atoms with E-state index in [0.29, 0.717) is 0 Å². The van der Waals surface area contributed by atoms with Gasteiger partial charge in [-0.2, -0.15) is 0 Å². The van der Waals surface area contributed by atoms with Crippen molar-refractivity contribution in [3.05, 3.63) is 59.5 Å². The zero-order chi connectivity index (χ0) is 12.1. The Morgan fingerprint density at radius 1 is 1.00 bits per heavy atom. The summed E-state index contributed by atoms with van der Waals surface area (Å²) in [5.74, 6) is 1.88. The Morgan fingerprint density at radius 3 is 2.47 bits per heavy atom. The van der Waals surface area contributed by atoms with Crippen molar-refractivity contribution in [2.45, 2.75) is 6.54 Å². The third-order valence-electron chi connectivity index (χ3n) is 2.39. The molecule has 0 N–H and O–H groups in total. The van der Waals surface area contributed by atoms with Crippen LogP contribution in [0, 0.1) is 0 Å². The lowest BCUT2D eigenvalue weighted by atomic mass is 10.2. The molecular formula is C15H17NO. The van der Waals surface area contributed by atoms with E-state index in [0.717, 1.165) is 18.1 Å². The number of hydrogen-bond donors (Lipinski definition) is 0. The van der Waals surface area contributed by atoms with Crippen LogP contribution in [0.3, 0.4) is 0 Å². The predicted molar refractivity (Wildman–Crippen MR) is 71.5 cm³/mol. The van der Waals surface area contributed by atoms with Crippen LogP contribution >= 0.6 is 0 Å². The molecule has 0 aliphatic carbocycles. The number of furan rings is 1. The molecule has 0 aliphatic heterocycles. The summed E-state index contributed by atoms with van der Waals surface area (Å²) in [6.45, 7) is 0.833. The van der Waals surface area contributed by atoms with Crippen LogP contribution in [0.15, 0.2) is 46.9 Å². The first-order valence-corrected chi connectivity index (χ1v) is 5.70. The first-order chi connectivity index (χ1) is 8.24. The summed E-state index contributed by atoms with van der Waals surface area (Å²) >= 11 is 0. The second-order valence-electron chi connectivity index (χ2n) is 4.29. The number of rotatable bonds is 4. The van der Waals surface area contributed by atoms with Crippen LogP contribution in [0.4, 0.5) is 0 Å². The van der Waals surface area contributed by atoms with Gasteiger partial charge in [0.05, 0.1) is 6.54 Å². The second-order valence-corrected chi connectivity index (χ2v) is 4.29. The topological polar surface area (TPSA) is 16.4 Å². The molecule has 0 bridgehead atoms. The maximum absolute atomic E-state index is 5.69. The van der Waals surface area contributed by atoms with Crippen LogP contribution in [0.25, 0.3) is 12.2 Å². The standard InChI is InChI=1S/C15H17NO/c1-16(2)12-15-11-10-14(17-15)9-8-13-6-4-3-5-7-13/h3-11H,12H2,1-2H3/b9-8+. The minimum Gasteiger partial charge on any atom is -0.460 e. The van der Waals surface area contributed by atoms with Crippen molar-refractivity contribution in [3.63, 3.8) is 0 Å². The molecule has 0 saturated heterocycles. The highest BCUT2D eigenvalue weighted by molar-refractivity contribution is 5.67. The number of hydrogen-bond acceptors (Lipinski definition) is 2. The molecule has 2 aromatic rings. The van der Waals surface area contributed by atoms with Crippen molar-refractivity contribution in [3.8, 4) is 0 Å². The van der Waals surface area contributed by atoms with E-state index < -0.39 is 0 Å². The van der Waals surface area contributed by atoms with Crippen molar-refractivity contribution >= 4 is 12.2 Å². The van der Waals surface area contributed by atoms with E-state index in [1.165, 1.54) is 5.56 Å². The van der Waals surface area contributed by atoms with E-state index in [1.807, 2.05) is 50.5 Å². The molecule has 0 aliphatic rings. The second kappa shape index (κ2) is 5.51. The van der Waals surface area contributed by atoms with Gasteiger partial charge in [0.2, 0.25) is 0 Å². The van der Waals surface area contributed by atoms with Crippen molar-refractivity contribution in [2.24, 2.45) is 0 Å². The molecule has 0 saturated carbocycles. The van der Waals surface area contributed by atoms with Gasteiger partial charge in [0.1, 0.15) is 11.5 Å². The quantitative estimate of drug-likeness (QED) is 0.794. The van der Waals surface area contributed by atoms with Gasteiger partial charge in [-0.25, -0.2) is 0 Å². The summed E-state index contributed by atoms with van der Waals surface area (Å²) in [5, 5.41) is 0. The molecule has 0 spiro atoms. The van der Waals surface area contributed by atoms with E-state index >= 15 is 0 Å². The summed E-state index contributed by atoms with van der Waals surface area (Å²) in [7, 11) is 4.06. The highest BCUT2D eigenvalue weighted by atomic mass is 16.3. The smallest absolute Gasteiger partial charge is 0.127 e. The molecule has 0 unspecified atom stereocenters. The van der Waals surface area contributed by atoms with Crippen LogP contribution in [0.1, 0.15) is 17.1 Å². The Balaban J connectivity index is 2.04. The lowest BCUT2D eigenvalue weighted by Gasteiger charge is -2.05. The highest BCUT2D eigenvalue weighted by Gasteiger charge is 2.00. The summed E-state index contributed by atoms with van der Waals surface area (Å²) in [6, 6.07) is 14.2. The number of nitrogens with zero attached hydrogens (tertiary/aromatic N) is 1. The van der Waals surface area contributed by atoms with Crippen LogP contribution in [-0.4, -0.2) is 19.0 Å². The van der Waals surface area contributed by atoms with Gasteiger partial charge in [0, 0.05) is 0 Å². The molecule has 1 aromatic heterocycles. The molecule has 0 amide bonds. The minimum absolute atomic E-state index is 0.833. The molecule has 0 fully saturated rings. The van der Waals surface area contributed by atoms with E-state index in [2.05, 4.69) is 23.1 Å². The normalized spacial score (nSPS) is 11.5. The van der Waals surface area contributed by atoms with Crippen molar-refractivity contribution in [2.75, 3.05) is 14.1 Å².